The maximum atomic E-state index is 11.6. The van der Waals surface area contributed by atoms with Crippen molar-refractivity contribution in [1.29, 1.82) is 0 Å². The molecule has 1 saturated carbocycles. The van der Waals surface area contributed by atoms with Gasteiger partial charge in [-0.05, 0) is 47.8 Å². The normalized spacial score (nSPS) is 23.5. The lowest BCUT2D eigenvalue weighted by Gasteiger charge is -2.28. The molecule has 0 aromatic heterocycles. The molecule has 0 N–H and O–H groups in total. The fraction of sp³-hybridized carbons (Fsp3) is 0.708. The van der Waals surface area contributed by atoms with E-state index >= 15 is 0 Å². The van der Waals surface area contributed by atoms with Gasteiger partial charge in [-0.25, -0.2) is 0 Å². The highest BCUT2D eigenvalue weighted by Crippen LogP contribution is 2.34. The number of rotatable bonds is 8. The van der Waals surface area contributed by atoms with Gasteiger partial charge in [0.2, 0.25) is 0 Å². The van der Waals surface area contributed by atoms with Gasteiger partial charge >= 0.3 is 0 Å². The van der Waals surface area contributed by atoms with Gasteiger partial charge in [0.05, 0.1) is 0 Å². The van der Waals surface area contributed by atoms with Gasteiger partial charge in [0.1, 0.15) is 5.78 Å². The molecule has 3 rings (SSSR count). The van der Waals surface area contributed by atoms with Gasteiger partial charge in [-0.1, -0.05) is 82.9 Å². The van der Waals surface area contributed by atoms with Crippen LogP contribution < -0.4 is 0 Å². The molecule has 138 valence electrons. The fourth-order valence-corrected chi connectivity index (χ4v) is 4.85. The Morgan fingerprint density at radius 2 is 1.64 bits per heavy atom. The van der Waals surface area contributed by atoms with Crippen molar-refractivity contribution < 1.29 is 4.79 Å². The van der Waals surface area contributed by atoms with E-state index in [1.54, 1.807) is 0 Å². The number of fused-ring (bicyclic) bond motifs is 1. The average Bonchev–Trinajstić information content (AvgIpc) is 2.64. The van der Waals surface area contributed by atoms with Crippen LogP contribution in [0.25, 0.3) is 0 Å². The first kappa shape index (κ1) is 18.7. The van der Waals surface area contributed by atoms with Crippen molar-refractivity contribution in [2.45, 2.75) is 96.8 Å². The van der Waals surface area contributed by atoms with Gasteiger partial charge < -0.3 is 0 Å². The monoisotopic (exact) mass is 340 g/mol. The predicted molar refractivity (Wildman–Crippen MR) is 106 cm³/mol. The van der Waals surface area contributed by atoms with Crippen molar-refractivity contribution >= 4 is 5.78 Å². The molecule has 1 aromatic rings. The highest BCUT2D eigenvalue weighted by atomic mass is 16.1. The summed E-state index contributed by atoms with van der Waals surface area (Å²) >= 11 is 0. The molecule has 0 spiro atoms. The molecular weight excluding hydrogens is 304 g/mol. The van der Waals surface area contributed by atoms with E-state index in [0.717, 1.165) is 24.7 Å². The predicted octanol–water partition coefficient (Wildman–Crippen LogP) is 6.45. The Balaban J connectivity index is 1.38. The first-order valence-electron chi connectivity index (χ1n) is 10.9. The molecule has 1 nitrogen and oxygen atoms in total. The van der Waals surface area contributed by atoms with Gasteiger partial charge in [0.15, 0.2) is 0 Å². The number of Topliss-reactive ketones (excluding diaryl/α,β-unsaturated/α-hetero) is 1. The Kier molecular flexibility index (Phi) is 7.13. The van der Waals surface area contributed by atoms with Crippen LogP contribution in [0.2, 0.25) is 0 Å². The Morgan fingerprint density at radius 1 is 0.880 bits per heavy atom. The molecule has 1 fully saturated rings. The zero-order valence-corrected chi connectivity index (χ0v) is 16.2. The van der Waals surface area contributed by atoms with Crippen molar-refractivity contribution in [1.82, 2.24) is 0 Å². The molecule has 25 heavy (non-hydrogen) atoms. The summed E-state index contributed by atoms with van der Waals surface area (Å²) in [5.74, 6) is 2.38. The maximum Gasteiger partial charge on any atom is 0.137 e. The summed E-state index contributed by atoms with van der Waals surface area (Å²) in [5.41, 5.74) is 4.21. The Hall–Kier alpha value is -1.11. The van der Waals surface area contributed by atoms with E-state index in [4.69, 9.17) is 0 Å². The molecule has 1 aromatic carbocycles. The maximum absolute atomic E-state index is 11.6. The summed E-state index contributed by atoms with van der Waals surface area (Å²) in [4.78, 5) is 11.6. The number of ketones is 1. The number of hydrogen-bond donors (Lipinski definition) is 0. The molecule has 0 atom stereocenters. The minimum atomic E-state index is 0.409. The molecular formula is C24H36O. The Morgan fingerprint density at radius 3 is 2.40 bits per heavy atom. The Labute approximate surface area is 154 Å². The lowest BCUT2D eigenvalue weighted by Crippen LogP contribution is -2.16. The summed E-state index contributed by atoms with van der Waals surface area (Å²) < 4.78 is 0. The average molecular weight is 341 g/mol. The number of carbonyl (C=O) groups is 1. The van der Waals surface area contributed by atoms with Crippen LogP contribution in [0.3, 0.4) is 0 Å². The summed E-state index contributed by atoms with van der Waals surface area (Å²) in [6.45, 7) is 2.30. The van der Waals surface area contributed by atoms with Crippen LogP contribution in [-0.4, -0.2) is 5.78 Å². The van der Waals surface area contributed by atoms with E-state index in [1.807, 2.05) is 0 Å². The number of hydrogen-bond acceptors (Lipinski definition) is 1. The van der Waals surface area contributed by atoms with E-state index in [-0.39, 0.29) is 0 Å². The van der Waals surface area contributed by atoms with Crippen molar-refractivity contribution in [3.8, 4) is 0 Å². The number of carbonyl (C=O) groups excluding carboxylic acids is 1. The molecule has 0 aliphatic heterocycles. The largest absolute Gasteiger partial charge is 0.299 e. The minimum absolute atomic E-state index is 0.409. The zero-order valence-electron chi connectivity index (χ0n) is 16.2. The molecule has 1 heteroatoms. The highest BCUT2D eigenvalue weighted by Gasteiger charge is 2.21. The van der Waals surface area contributed by atoms with Crippen molar-refractivity contribution in [2.75, 3.05) is 0 Å². The Bertz CT molecular complexity index is 551. The molecule has 0 amide bonds. The number of benzene rings is 1. The molecule has 0 saturated heterocycles. The van der Waals surface area contributed by atoms with Gasteiger partial charge in [-0.15, -0.1) is 0 Å². The summed E-state index contributed by atoms with van der Waals surface area (Å²) in [6.07, 6.45) is 18.0. The van der Waals surface area contributed by atoms with Crippen LogP contribution in [-0.2, 0) is 24.1 Å². The smallest absolute Gasteiger partial charge is 0.137 e. The quantitative estimate of drug-likeness (QED) is 0.497. The van der Waals surface area contributed by atoms with Crippen LogP contribution in [0.1, 0.15) is 94.2 Å². The van der Waals surface area contributed by atoms with Gasteiger partial charge in [-0.2, -0.15) is 0 Å². The summed E-state index contributed by atoms with van der Waals surface area (Å²) in [7, 11) is 0. The first-order chi connectivity index (χ1) is 12.2. The van der Waals surface area contributed by atoms with E-state index < -0.39 is 0 Å². The zero-order chi connectivity index (χ0) is 17.5. The number of unbranched alkanes of at least 4 members (excludes halogenated alkanes) is 3. The SMILES string of the molecule is CCCCCCC1CCC(CCc2ccc3c(c2)CCC(=O)C3)CC1. The van der Waals surface area contributed by atoms with Crippen LogP contribution in [0.15, 0.2) is 18.2 Å². The van der Waals surface area contributed by atoms with Crippen LogP contribution in [0.5, 0.6) is 0 Å². The standard InChI is InChI=1S/C24H36O/c1-2-3-4-5-6-19-7-9-20(10-8-19)11-12-21-13-14-23-18-24(25)16-15-22(23)17-21/h13-14,17,19-20H,2-12,15-16,18H2,1H3. The molecule has 0 unspecified atom stereocenters. The highest BCUT2D eigenvalue weighted by molar-refractivity contribution is 5.83. The number of aryl methyl sites for hydroxylation is 2. The van der Waals surface area contributed by atoms with Gasteiger partial charge in [0, 0.05) is 12.8 Å². The van der Waals surface area contributed by atoms with E-state index in [2.05, 4.69) is 25.1 Å². The molecule has 0 bridgehead atoms. The molecule has 2 aliphatic carbocycles. The van der Waals surface area contributed by atoms with Crippen molar-refractivity contribution in [3.63, 3.8) is 0 Å². The van der Waals surface area contributed by atoms with Gasteiger partial charge in [-0.3, -0.25) is 4.79 Å². The summed E-state index contributed by atoms with van der Waals surface area (Å²) in [5, 5.41) is 0. The molecule has 0 radical (unpaired) electrons. The van der Waals surface area contributed by atoms with Gasteiger partial charge in [0.25, 0.3) is 0 Å². The fourth-order valence-electron chi connectivity index (χ4n) is 4.85. The second kappa shape index (κ2) is 9.55. The third-order valence-corrected chi connectivity index (χ3v) is 6.60. The third-order valence-electron chi connectivity index (χ3n) is 6.60. The van der Waals surface area contributed by atoms with Crippen LogP contribution in [0, 0.1) is 11.8 Å². The van der Waals surface area contributed by atoms with E-state index in [0.29, 0.717) is 12.2 Å². The van der Waals surface area contributed by atoms with Crippen LogP contribution >= 0.6 is 0 Å². The third kappa shape index (κ3) is 5.69. The topological polar surface area (TPSA) is 17.1 Å². The minimum Gasteiger partial charge on any atom is -0.299 e. The van der Waals surface area contributed by atoms with Crippen molar-refractivity contribution in [2.24, 2.45) is 11.8 Å². The van der Waals surface area contributed by atoms with Crippen molar-refractivity contribution in [3.05, 3.63) is 34.9 Å². The first-order valence-corrected chi connectivity index (χ1v) is 10.9. The van der Waals surface area contributed by atoms with Crippen LogP contribution in [0.4, 0.5) is 0 Å². The molecule has 2 aliphatic rings. The second-order valence-corrected chi connectivity index (χ2v) is 8.59. The second-order valence-electron chi connectivity index (χ2n) is 8.59. The summed E-state index contributed by atoms with van der Waals surface area (Å²) in [6, 6.07) is 6.88. The van der Waals surface area contributed by atoms with E-state index in [1.165, 1.54) is 87.3 Å². The lowest BCUT2D eigenvalue weighted by molar-refractivity contribution is -0.118. The molecule has 0 heterocycles. The van der Waals surface area contributed by atoms with E-state index in [9.17, 15) is 4.79 Å². The lowest BCUT2D eigenvalue weighted by atomic mass is 9.77.